The second-order valence-corrected chi connectivity index (χ2v) is 8.68. The number of aliphatic imine (C=N–C) groups is 1. The zero-order chi connectivity index (χ0) is 25.3. The zero-order valence-corrected chi connectivity index (χ0v) is 20.2. The molecule has 2 N–H and O–H groups in total. The van der Waals surface area contributed by atoms with Crippen molar-refractivity contribution in [2.75, 3.05) is 33.4 Å². The number of aliphatic carboxylic acids is 1. The number of aryl methyl sites for hydroxylation is 2. The Hall–Kier alpha value is -3.28. The molecule has 0 spiro atoms. The van der Waals surface area contributed by atoms with E-state index in [1.807, 2.05) is 13.1 Å². The van der Waals surface area contributed by atoms with E-state index in [2.05, 4.69) is 10.3 Å². The third-order valence-corrected chi connectivity index (χ3v) is 6.21. The molecule has 0 radical (unpaired) electrons. The van der Waals surface area contributed by atoms with Crippen LogP contribution in [0.3, 0.4) is 0 Å². The molecule has 2 aliphatic heterocycles. The largest absolute Gasteiger partial charge is 0.480 e. The molecule has 3 heterocycles. The van der Waals surface area contributed by atoms with Gasteiger partial charge in [0.25, 0.3) is 0 Å². The highest BCUT2D eigenvalue weighted by molar-refractivity contribution is 6.31. The lowest BCUT2D eigenvalue weighted by molar-refractivity contribution is -0.149. The number of morpholine rings is 1. The molecule has 2 aromatic rings. The Morgan fingerprint density at radius 3 is 2.80 bits per heavy atom. The number of aromatic nitrogens is 2. The number of carboxylic acids is 1. The molecule has 10 nitrogen and oxygen atoms in total. The van der Waals surface area contributed by atoms with Crippen molar-refractivity contribution in [2.45, 2.75) is 19.0 Å². The van der Waals surface area contributed by atoms with Gasteiger partial charge >= 0.3 is 11.9 Å². The molecule has 1 aromatic heterocycles. The van der Waals surface area contributed by atoms with Crippen molar-refractivity contribution in [3.05, 3.63) is 63.6 Å². The number of methoxy groups -OCH3 is 1. The third kappa shape index (κ3) is 5.07. The summed E-state index contributed by atoms with van der Waals surface area (Å²) in [5, 5.41) is 13.0. The third-order valence-electron chi connectivity index (χ3n) is 5.88. The highest BCUT2D eigenvalue weighted by Gasteiger charge is 2.37. The highest BCUT2D eigenvalue weighted by Crippen LogP contribution is 2.36. The number of imidazole rings is 1. The number of hydrogen-bond donors (Lipinski definition) is 2. The van der Waals surface area contributed by atoms with Crippen molar-refractivity contribution >= 4 is 29.4 Å². The van der Waals surface area contributed by atoms with Crippen LogP contribution in [0, 0.1) is 12.7 Å². The minimum Gasteiger partial charge on any atom is -0.480 e. The summed E-state index contributed by atoms with van der Waals surface area (Å²) in [6.45, 7) is 2.61. The number of nitrogens with one attached hydrogen (secondary N) is 1. The fraction of sp³-hybridized carbons (Fsp3) is 0.391. The van der Waals surface area contributed by atoms with Gasteiger partial charge in [-0.25, -0.2) is 14.2 Å². The average molecular weight is 506 g/mol. The number of carboxylic acid groups (broad SMARTS) is 1. The van der Waals surface area contributed by atoms with E-state index in [0.29, 0.717) is 36.1 Å². The molecule has 2 aliphatic rings. The molecule has 35 heavy (non-hydrogen) atoms. The van der Waals surface area contributed by atoms with Gasteiger partial charge < -0.3 is 24.5 Å². The molecule has 0 amide bonds. The van der Waals surface area contributed by atoms with E-state index >= 15 is 0 Å². The van der Waals surface area contributed by atoms with Crippen LogP contribution < -0.4 is 5.32 Å². The molecular formula is C23H25ClFN5O5. The number of carbonyl (C=O) groups is 2. The topological polar surface area (TPSA) is 118 Å². The van der Waals surface area contributed by atoms with Gasteiger partial charge in [-0.2, -0.15) is 0 Å². The van der Waals surface area contributed by atoms with Gasteiger partial charge in [0.2, 0.25) is 0 Å². The lowest BCUT2D eigenvalue weighted by Crippen LogP contribution is -2.52. The number of hydrogen-bond acceptors (Lipinski definition) is 8. The molecule has 0 unspecified atom stereocenters. The average Bonchev–Trinajstić information content (AvgIpc) is 3.16. The SMILES string of the molecule is COC(=O)C1=C(CN2CCOC[C@H]2C(=O)O)NC(c2nc(C)cn2C)=N[C@@H]1c1ccc(F)cc1Cl. The molecule has 1 fully saturated rings. The maximum atomic E-state index is 13.8. The molecule has 0 saturated carbocycles. The van der Waals surface area contributed by atoms with Crippen LogP contribution in [0.15, 0.2) is 40.7 Å². The molecule has 2 atom stereocenters. The fourth-order valence-electron chi connectivity index (χ4n) is 4.23. The molecule has 1 aromatic carbocycles. The van der Waals surface area contributed by atoms with Crippen molar-refractivity contribution in [2.24, 2.45) is 12.0 Å². The van der Waals surface area contributed by atoms with Crippen molar-refractivity contribution < 1.29 is 28.6 Å². The Morgan fingerprint density at radius 1 is 1.40 bits per heavy atom. The van der Waals surface area contributed by atoms with Gasteiger partial charge in [-0.15, -0.1) is 0 Å². The number of carbonyl (C=O) groups excluding carboxylic acids is 1. The van der Waals surface area contributed by atoms with Crippen LogP contribution in [0.25, 0.3) is 0 Å². The van der Waals surface area contributed by atoms with Crippen LogP contribution >= 0.6 is 11.6 Å². The maximum absolute atomic E-state index is 13.8. The smallest absolute Gasteiger partial charge is 0.338 e. The lowest BCUT2D eigenvalue weighted by Gasteiger charge is -2.35. The van der Waals surface area contributed by atoms with Gasteiger partial charge in [0, 0.05) is 42.6 Å². The monoisotopic (exact) mass is 505 g/mol. The second kappa shape index (κ2) is 10.1. The first-order valence-electron chi connectivity index (χ1n) is 10.9. The van der Waals surface area contributed by atoms with E-state index in [4.69, 9.17) is 26.1 Å². The number of esters is 1. The number of amidine groups is 1. The molecule has 4 rings (SSSR count). The number of halogens is 2. The van der Waals surface area contributed by atoms with Gasteiger partial charge in [0.05, 0.1) is 31.6 Å². The lowest BCUT2D eigenvalue weighted by atomic mass is 9.95. The summed E-state index contributed by atoms with van der Waals surface area (Å²) in [6.07, 6.45) is 1.82. The molecule has 0 bridgehead atoms. The normalized spacial score (nSPS) is 20.9. The van der Waals surface area contributed by atoms with Gasteiger partial charge in [0.1, 0.15) is 17.9 Å². The quantitative estimate of drug-likeness (QED) is 0.571. The second-order valence-electron chi connectivity index (χ2n) is 8.27. The Bertz CT molecular complexity index is 1230. The standard InChI is InChI=1S/C23H25ClFN5O5/c1-12-9-29(2)21(26-12)20-27-16(10-30-6-7-35-11-17(30)22(31)32)18(23(33)34-3)19(28-20)14-5-4-13(25)8-15(14)24/h4-5,8-9,17,19H,6-7,10-11H2,1-3H3,(H,27,28)(H,31,32)/t17-,19+/m0/s1. The summed E-state index contributed by atoms with van der Waals surface area (Å²) in [5.74, 6) is -1.37. The number of benzene rings is 1. The van der Waals surface area contributed by atoms with Crippen LogP contribution in [-0.2, 0) is 26.1 Å². The van der Waals surface area contributed by atoms with Crippen LogP contribution in [0.2, 0.25) is 5.02 Å². The van der Waals surface area contributed by atoms with Crippen LogP contribution in [0.5, 0.6) is 0 Å². The molecule has 186 valence electrons. The van der Waals surface area contributed by atoms with E-state index in [0.717, 1.165) is 11.8 Å². The van der Waals surface area contributed by atoms with Crippen LogP contribution in [0.4, 0.5) is 4.39 Å². The molecule has 12 heteroatoms. The van der Waals surface area contributed by atoms with Gasteiger partial charge in [-0.05, 0) is 19.1 Å². The molecule has 1 saturated heterocycles. The summed E-state index contributed by atoms with van der Waals surface area (Å²) in [6, 6.07) is 2.01. The van der Waals surface area contributed by atoms with E-state index in [9.17, 15) is 19.1 Å². The fourth-order valence-corrected chi connectivity index (χ4v) is 4.50. The highest BCUT2D eigenvalue weighted by atomic mass is 35.5. The predicted octanol–water partition coefficient (Wildman–Crippen LogP) is 1.82. The first kappa shape index (κ1) is 24.8. The van der Waals surface area contributed by atoms with E-state index < -0.39 is 29.8 Å². The van der Waals surface area contributed by atoms with E-state index in [-0.39, 0.29) is 23.7 Å². The number of ether oxygens (including phenoxy) is 2. The van der Waals surface area contributed by atoms with Crippen LogP contribution in [-0.4, -0.2) is 76.8 Å². The molecule has 0 aliphatic carbocycles. The Morgan fingerprint density at radius 2 is 2.17 bits per heavy atom. The minimum absolute atomic E-state index is 0.0168. The van der Waals surface area contributed by atoms with Crippen molar-refractivity contribution in [3.63, 3.8) is 0 Å². The number of nitrogens with zero attached hydrogens (tertiary/aromatic N) is 4. The molecular weight excluding hydrogens is 481 g/mol. The summed E-state index contributed by atoms with van der Waals surface area (Å²) >= 11 is 6.38. The Labute approximate surface area is 206 Å². The van der Waals surface area contributed by atoms with E-state index in [1.165, 1.54) is 19.2 Å². The van der Waals surface area contributed by atoms with Crippen molar-refractivity contribution in [1.82, 2.24) is 19.8 Å². The van der Waals surface area contributed by atoms with Crippen molar-refractivity contribution in [3.8, 4) is 0 Å². The summed E-state index contributed by atoms with van der Waals surface area (Å²) in [5.41, 5.74) is 1.69. The first-order chi connectivity index (χ1) is 16.7. The number of rotatable bonds is 6. The minimum atomic E-state index is -1.03. The first-order valence-corrected chi connectivity index (χ1v) is 11.2. The Kier molecular flexibility index (Phi) is 7.20. The summed E-state index contributed by atoms with van der Waals surface area (Å²) in [7, 11) is 3.05. The summed E-state index contributed by atoms with van der Waals surface area (Å²) in [4.78, 5) is 35.8. The van der Waals surface area contributed by atoms with Crippen LogP contribution in [0.1, 0.15) is 23.1 Å². The van der Waals surface area contributed by atoms with Gasteiger partial charge in [-0.1, -0.05) is 17.7 Å². The van der Waals surface area contributed by atoms with Gasteiger partial charge in [0.15, 0.2) is 11.7 Å². The van der Waals surface area contributed by atoms with Crippen molar-refractivity contribution in [1.29, 1.82) is 0 Å². The predicted molar refractivity (Wildman–Crippen MR) is 125 cm³/mol. The maximum Gasteiger partial charge on any atom is 0.338 e. The van der Waals surface area contributed by atoms with Gasteiger partial charge in [-0.3, -0.25) is 14.7 Å². The summed E-state index contributed by atoms with van der Waals surface area (Å²) < 4.78 is 26.0. The van der Waals surface area contributed by atoms with E-state index in [1.54, 1.807) is 16.5 Å². The zero-order valence-electron chi connectivity index (χ0n) is 19.4. The Balaban J connectivity index is 1.86.